The van der Waals surface area contributed by atoms with Crippen LogP contribution in [-0.2, 0) is 13.2 Å². The lowest BCUT2D eigenvalue weighted by atomic mass is 10.1. The first-order valence-electron chi connectivity index (χ1n) is 5.83. The Morgan fingerprint density at radius 3 is 2.74 bits per heavy atom. The number of nitriles is 1. The molecule has 0 fully saturated rings. The molecule has 3 nitrogen and oxygen atoms in total. The average molecular weight is 273 g/mol. The van der Waals surface area contributed by atoms with Gasteiger partial charge in [-0.2, -0.15) is 5.26 Å². The molecule has 0 aliphatic heterocycles. The Labute approximate surface area is 117 Å². The maximum absolute atomic E-state index is 8.77. The molecule has 19 heavy (non-hydrogen) atoms. The zero-order valence-electron chi connectivity index (χ0n) is 10.3. The average Bonchev–Trinajstić information content (AvgIpc) is 2.46. The van der Waals surface area contributed by atoms with Crippen LogP contribution in [0.25, 0.3) is 0 Å². The van der Waals surface area contributed by atoms with E-state index in [0.717, 1.165) is 16.9 Å². The molecule has 0 amide bonds. The summed E-state index contributed by atoms with van der Waals surface area (Å²) in [6, 6.07) is 14.8. The minimum absolute atomic E-state index is 0.360. The van der Waals surface area contributed by atoms with Gasteiger partial charge >= 0.3 is 0 Å². The monoisotopic (exact) mass is 272 g/mol. The summed E-state index contributed by atoms with van der Waals surface area (Å²) >= 11 is 6.08. The topological polar surface area (TPSA) is 59.0 Å². The molecule has 0 saturated heterocycles. The molecule has 2 aromatic rings. The lowest BCUT2D eigenvalue weighted by Gasteiger charge is -2.09. The first kappa shape index (κ1) is 13.4. The van der Waals surface area contributed by atoms with Crippen molar-refractivity contribution in [1.82, 2.24) is 0 Å². The maximum Gasteiger partial charge on any atom is 0.120 e. The molecule has 0 aliphatic carbocycles. The van der Waals surface area contributed by atoms with Crippen LogP contribution in [0.2, 0.25) is 5.02 Å². The van der Waals surface area contributed by atoms with Gasteiger partial charge in [0.25, 0.3) is 0 Å². The van der Waals surface area contributed by atoms with E-state index in [9.17, 15) is 0 Å². The molecule has 0 unspecified atom stereocenters. The van der Waals surface area contributed by atoms with E-state index >= 15 is 0 Å². The third-order valence-electron chi connectivity index (χ3n) is 2.71. The van der Waals surface area contributed by atoms with Crippen LogP contribution in [0.15, 0.2) is 42.5 Å². The van der Waals surface area contributed by atoms with Gasteiger partial charge in [-0.15, -0.1) is 0 Å². The third-order valence-corrected chi connectivity index (χ3v) is 3.06. The number of benzene rings is 2. The standard InChI is InChI=1S/C15H13ClN2O/c16-15-7-12(9-18)4-5-13(15)10-19-14-3-1-2-11(6-14)8-17/h1-7H,8,10,17H2. The molecular formula is C15H13ClN2O. The molecule has 2 rings (SSSR count). The number of rotatable bonds is 4. The summed E-state index contributed by atoms with van der Waals surface area (Å²) < 4.78 is 5.67. The summed E-state index contributed by atoms with van der Waals surface area (Å²) in [6.07, 6.45) is 0. The Morgan fingerprint density at radius 2 is 2.05 bits per heavy atom. The Hall–Kier alpha value is -2.02. The van der Waals surface area contributed by atoms with Crippen molar-refractivity contribution in [2.45, 2.75) is 13.2 Å². The number of hydrogen-bond acceptors (Lipinski definition) is 3. The van der Waals surface area contributed by atoms with E-state index in [1.165, 1.54) is 0 Å². The largest absolute Gasteiger partial charge is 0.489 e. The Morgan fingerprint density at radius 1 is 1.21 bits per heavy atom. The van der Waals surface area contributed by atoms with Crippen molar-refractivity contribution in [3.8, 4) is 11.8 Å². The highest BCUT2D eigenvalue weighted by molar-refractivity contribution is 6.31. The maximum atomic E-state index is 8.77. The SMILES string of the molecule is N#Cc1ccc(COc2cccc(CN)c2)c(Cl)c1. The Kier molecular flexibility index (Phi) is 4.40. The Balaban J connectivity index is 2.08. The third kappa shape index (κ3) is 3.47. The van der Waals surface area contributed by atoms with Crippen molar-refractivity contribution in [3.05, 3.63) is 64.2 Å². The first-order valence-corrected chi connectivity index (χ1v) is 6.21. The summed E-state index contributed by atoms with van der Waals surface area (Å²) in [5.74, 6) is 0.753. The van der Waals surface area contributed by atoms with Crippen LogP contribution >= 0.6 is 11.6 Å². The van der Waals surface area contributed by atoms with Crippen molar-refractivity contribution in [3.63, 3.8) is 0 Å². The minimum Gasteiger partial charge on any atom is -0.489 e. The molecule has 96 valence electrons. The second-order valence-corrected chi connectivity index (χ2v) is 4.47. The van der Waals surface area contributed by atoms with Crippen LogP contribution in [0.1, 0.15) is 16.7 Å². The van der Waals surface area contributed by atoms with E-state index < -0.39 is 0 Å². The van der Waals surface area contributed by atoms with E-state index in [-0.39, 0.29) is 0 Å². The molecule has 0 spiro atoms. The number of nitrogens with zero attached hydrogens (tertiary/aromatic N) is 1. The minimum atomic E-state index is 0.360. The molecule has 4 heteroatoms. The van der Waals surface area contributed by atoms with E-state index in [1.807, 2.05) is 30.3 Å². The van der Waals surface area contributed by atoms with Gasteiger partial charge < -0.3 is 10.5 Å². The zero-order chi connectivity index (χ0) is 13.7. The van der Waals surface area contributed by atoms with Crippen LogP contribution in [0.4, 0.5) is 0 Å². The van der Waals surface area contributed by atoms with Gasteiger partial charge in [0.2, 0.25) is 0 Å². The lowest BCUT2D eigenvalue weighted by molar-refractivity contribution is 0.306. The van der Waals surface area contributed by atoms with Crippen LogP contribution in [0.3, 0.4) is 0 Å². The normalized spacial score (nSPS) is 9.95. The van der Waals surface area contributed by atoms with Gasteiger partial charge in [0, 0.05) is 17.1 Å². The number of ether oxygens (including phenoxy) is 1. The molecule has 0 aliphatic rings. The fraction of sp³-hybridized carbons (Fsp3) is 0.133. The van der Waals surface area contributed by atoms with E-state index in [2.05, 4.69) is 0 Å². The van der Waals surface area contributed by atoms with E-state index in [4.69, 9.17) is 27.3 Å². The summed E-state index contributed by atoms with van der Waals surface area (Å²) in [5, 5.41) is 9.30. The quantitative estimate of drug-likeness (QED) is 0.929. The summed E-state index contributed by atoms with van der Waals surface area (Å²) in [6.45, 7) is 0.841. The predicted octanol–water partition coefficient (Wildman–Crippen LogP) is 3.25. The van der Waals surface area contributed by atoms with Crippen molar-refractivity contribution in [2.75, 3.05) is 0 Å². The van der Waals surface area contributed by atoms with E-state index in [1.54, 1.807) is 18.2 Å². The van der Waals surface area contributed by atoms with Gasteiger partial charge in [0.1, 0.15) is 12.4 Å². The molecule has 0 radical (unpaired) electrons. The van der Waals surface area contributed by atoms with E-state index in [0.29, 0.717) is 23.7 Å². The molecule has 0 aromatic heterocycles. The number of nitrogens with two attached hydrogens (primary N) is 1. The van der Waals surface area contributed by atoms with Crippen molar-refractivity contribution >= 4 is 11.6 Å². The van der Waals surface area contributed by atoms with Gasteiger partial charge in [-0.3, -0.25) is 0 Å². The van der Waals surface area contributed by atoms with Crippen molar-refractivity contribution < 1.29 is 4.74 Å². The van der Waals surface area contributed by atoms with Gasteiger partial charge in [-0.25, -0.2) is 0 Å². The summed E-state index contributed by atoms with van der Waals surface area (Å²) in [7, 11) is 0. The smallest absolute Gasteiger partial charge is 0.120 e. The molecule has 0 saturated carbocycles. The van der Waals surface area contributed by atoms with Crippen LogP contribution < -0.4 is 10.5 Å². The lowest BCUT2D eigenvalue weighted by Crippen LogP contribution is -1.99. The molecule has 2 N–H and O–H groups in total. The van der Waals surface area contributed by atoms with Gasteiger partial charge in [0.15, 0.2) is 0 Å². The van der Waals surface area contributed by atoms with Crippen LogP contribution in [-0.4, -0.2) is 0 Å². The number of halogens is 1. The first-order chi connectivity index (χ1) is 9.22. The molecular weight excluding hydrogens is 260 g/mol. The summed E-state index contributed by atoms with van der Waals surface area (Å²) in [5.41, 5.74) is 7.98. The van der Waals surface area contributed by atoms with Crippen molar-refractivity contribution in [2.24, 2.45) is 5.73 Å². The molecule has 0 heterocycles. The highest BCUT2D eigenvalue weighted by Crippen LogP contribution is 2.20. The highest BCUT2D eigenvalue weighted by atomic mass is 35.5. The molecule has 2 aromatic carbocycles. The molecule has 0 bridgehead atoms. The zero-order valence-corrected chi connectivity index (χ0v) is 11.0. The highest BCUT2D eigenvalue weighted by Gasteiger charge is 2.03. The fourth-order valence-electron chi connectivity index (χ4n) is 1.66. The second-order valence-electron chi connectivity index (χ2n) is 4.06. The fourth-order valence-corrected chi connectivity index (χ4v) is 1.89. The van der Waals surface area contributed by atoms with Gasteiger partial charge in [-0.05, 0) is 29.8 Å². The van der Waals surface area contributed by atoms with Crippen LogP contribution in [0, 0.1) is 11.3 Å². The van der Waals surface area contributed by atoms with Crippen LogP contribution in [0.5, 0.6) is 5.75 Å². The van der Waals surface area contributed by atoms with Crippen molar-refractivity contribution in [1.29, 1.82) is 5.26 Å². The second kappa shape index (κ2) is 6.24. The number of hydrogen-bond donors (Lipinski definition) is 1. The Bertz CT molecular complexity index is 620. The summed E-state index contributed by atoms with van der Waals surface area (Å²) in [4.78, 5) is 0. The van der Waals surface area contributed by atoms with Gasteiger partial charge in [0.05, 0.1) is 11.6 Å². The predicted molar refractivity (Wildman–Crippen MR) is 74.8 cm³/mol. The van der Waals surface area contributed by atoms with Gasteiger partial charge in [-0.1, -0.05) is 29.8 Å². The molecule has 0 atom stereocenters.